The van der Waals surface area contributed by atoms with E-state index in [1.807, 2.05) is 24.3 Å². The highest BCUT2D eigenvalue weighted by Crippen LogP contribution is 2.33. The Morgan fingerprint density at radius 2 is 1.38 bits per heavy atom. The molecule has 0 spiro atoms. The van der Waals surface area contributed by atoms with E-state index < -0.39 is 0 Å². The minimum absolute atomic E-state index is 0.702. The van der Waals surface area contributed by atoms with Crippen LogP contribution in [0, 0.1) is 18.3 Å². The molecule has 0 aliphatic carbocycles. The average Bonchev–Trinajstić information content (AvgIpc) is 2.55. The maximum absolute atomic E-state index is 9.01. The fourth-order valence-electron chi connectivity index (χ4n) is 2.62. The number of hydrogen-bond acceptors (Lipinski definition) is 1. The van der Waals surface area contributed by atoms with Crippen LogP contribution in [0.3, 0.4) is 0 Å². The molecule has 0 radical (unpaired) electrons. The third-order valence-corrected chi connectivity index (χ3v) is 3.66. The predicted octanol–water partition coefficient (Wildman–Crippen LogP) is 5.20. The zero-order valence-corrected chi connectivity index (χ0v) is 11.9. The van der Waals surface area contributed by atoms with E-state index in [9.17, 15) is 0 Å². The van der Waals surface area contributed by atoms with Crippen LogP contribution >= 0.6 is 0 Å². The Hall–Kier alpha value is -2.85. The average molecular weight is 269 g/mol. The van der Waals surface area contributed by atoms with Gasteiger partial charge in [0, 0.05) is 0 Å². The Morgan fingerprint density at radius 1 is 0.714 bits per heavy atom. The first kappa shape index (κ1) is 13.1. The molecule has 0 amide bonds. The Morgan fingerprint density at radius 3 is 2.05 bits per heavy atom. The molecule has 0 aromatic heterocycles. The van der Waals surface area contributed by atoms with E-state index in [0.29, 0.717) is 5.56 Å². The second-order valence-corrected chi connectivity index (χ2v) is 5.05. The lowest BCUT2D eigenvalue weighted by atomic mass is 9.91. The van der Waals surface area contributed by atoms with Crippen LogP contribution in [0.2, 0.25) is 0 Å². The maximum atomic E-state index is 9.01. The van der Waals surface area contributed by atoms with Gasteiger partial charge in [-0.25, -0.2) is 0 Å². The van der Waals surface area contributed by atoms with Gasteiger partial charge in [-0.05, 0) is 46.9 Å². The van der Waals surface area contributed by atoms with Gasteiger partial charge in [-0.1, -0.05) is 60.7 Å². The first-order valence-electron chi connectivity index (χ1n) is 6.95. The van der Waals surface area contributed by atoms with E-state index in [-0.39, 0.29) is 0 Å². The number of benzene rings is 3. The van der Waals surface area contributed by atoms with Crippen molar-refractivity contribution < 1.29 is 0 Å². The number of hydrogen-bond donors (Lipinski definition) is 0. The molecule has 0 bridgehead atoms. The van der Waals surface area contributed by atoms with Crippen LogP contribution in [-0.2, 0) is 0 Å². The van der Waals surface area contributed by atoms with E-state index in [4.69, 9.17) is 5.26 Å². The van der Waals surface area contributed by atoms with Crippen LogP contribution in [0.4, 0.5) is 0 Å². The van der Waals surface area contributed by atoms with Crippen molar-refractivity contribution in [1.82, 2.24) is 0 Å². The molecule has 0 aliphatic rings. The van der Waals surface area contributed by atoms with Gasteiger partial charge in [0.15, 0.2) is 0 Å². The van der Waals surface area contributed by atoms with E-state index in [1.54, 1.807) is 0 Å². The molecular formula is C20H15N. The van der Waals surface area contributed by atoms with E-state index >= 15 is 0 Å². The minimum Gasteiger partial charge on any atom is -0.192 e. The van der Waals surface area contributed by atoms with Crippen LogP contribution in [0.25, 0.3) is 22.3 Å². The van der Waals surface area contributed by atoms with Crippen molar-refractivity contribution >= 4 is 0 Å². The summed E-state index contributed by atoms with van der Waals surface area (Å²) in [6.45, 7) is 2.05. The van der Waals surface area contributed by atoms with Crippen molar-refractivity contribution in [3.8, 4) is 28.3 Å². The van der Waals surface area contributed by atoms with Crippen molar-refractivity contribution in [3.05, 3.63) is 83.9 Å². The summed E-state index contributed by atoms with van der Waals surface area (Å²) >= 11 is 0. The summed E-state index contributed by atoms with van der Waals surface area (Å²) in [6.07, 6.45) is 0. The lowest BCUT2D eigenvalue weighted by Crippen LogP contribution is -1.89. The third kappa shape index (κ3) is 2.57. The lowest BCUT2D eigenvalue weighted by Gasteiger charge is -2.12. The Bertz CT molecular complexity index is 811. The second-order valence-electron chi connectivity index (χ2n) is 5.05. The number of rotatable bonds is 2. The van der Waals surface area contributed by atoms with Crippen molar-refractivity contribution in [2.45, 2.75) is 6.92 Å². The van der Waals surface area contributed by atoms with Gasteiger partial charge >= 0.3 is 0 Å². The SMILES string of the molecule is Cc1cc(C#N)ccc1-c1ccccc1-c1ccccc1. The van der Waals surface area contributed by atoms with Crippen molar-refractivity contribution in [2.24, 2.45) is 0 Å². The van der Waals surface area contributed by atoms with Gasteiger partial charge in [-0.15, -0.1) is 0 Å². The monoisotopic (exact) mass is 269 g/mol. The molecule has 0 N–H and O–H groups in total. The van der Waals surface area contributed by atoms with Gasteiger partial charge in [-0.2, -0.15) is 5.26 Å². The summed E-state index contributed by atoms with van der Waals surface area (Å²) in [5, 5.41) is 9.01. The molecule has 0 fully saturated rings. The van der Waals surface area contributed by atoms with E-state index in [0.717, 1.165) is 5.56 Å². The van der Waals surface area contributed by atoms with Gasteiger partial charge in [0.25, 0.3) is 0 Å². The molecule has 3 aromatic carbocycles. The standard InChI is InChI=1S/C20H15N/c1-15-13-16(14-21)11-12-18(15)20-10-6-5-9-19(20)17-7-3-2-4-8-17/h2-13H,1H3. The molecule has 21 heavy (non-hydrogen) atoms. The molecule has 0 saturated heterocycles. The molecule has 0 unspecified atom stereocenters. The molecule has 0 saturated carbocycles. The molecule has 0 atom stereocenters. The number of nitriles is 1. The topological polar surface area (TPSA) is 23.8 Å². The van der Waals surface area contributed by atoms with Crippen molar-refractivity contribution in [2.75, 3.05) is 0 Å². The van der Waals surface area contributed by atoms with E-state index in [1.165, 1.54) is 22.3 Å². The van der Waals surface area contributed by atoms with Crippen LogP contribution in [0.1, 0.15) is 11.1 Å². The molecule has 3 aromatic rings. The molecule has 0 aliphatic heterocycles. The van der Waals surface area contributed by atoms with Crippen LogP contribution < -0.4 is 0 Å². The van der Waals surface area contributed by atoms with Crippen LogP contribution in [0.15, 0.2) is 72.8 Å². The largest absolute Gasteiger partial charge is 0.192 e. The summed E-state index contributed by atoms with van der Waals surface area (Å²) in [5.74, 6) is 0. The van der Waals surface area contributed by atoms with Gasteiger partial charge in [-0.3, -0.25) is 0 Å². The Labute approximate surface area is 125 Å². The summed E-state index contributed by atoms with van der Waals surface area (Å²) < 4.78 is 0. The number of nitrogens with zero attached hydrogens (tertiary/aromatic N) is 1. The minimum atomic E-state index is 0.702. The third-order valence-electron chi connectivity index (χ3n) is 3.66. The second kappa shape index (κ2) is 5.64. The lowest BCUT2D eigenvalue weighted by molar-refractivity contribution is 1.41. The van der Waals surface area contributed by atoms with Gasteiger partial charge < -0.3 is 0 Å². The summed E-state index contributed by atoms with van der Waals surface area (Å²) in [7, 11) is 0. The molecule has 1 nitrogen and oxygen atoms in total. The fraction of sp³-hybridized carbons (Fsp3) is 0.0500. The van der Waals surface area contributed by atoms with Gasteiger partial charge in [0.2, 0.25) is 0 Å². The summed E-state index contributed by atoms with van der Waals surface area (Å²) in [4.78, 5) is 0. The Kier molecular flexibility index (Phi) is 3.53. The van der Waals surface area contributed by atoms with Crippen molar-refractivity contribution in [1.29, 1.82) is 5.26 Å². The van der Waals surface area contributed by atoms with E-state index in [2.05, 4.69) is 61.5 Å². The van der Waals surface area contributed by atoms with Crippen LogP contribution in [-0.4, -0.2) is 0 Å². The highest BCUT2D eigenvalue weighted by molar-refractivity contribution is 5.84. The van der Waals surface area contributed by atoms with Crippen LogP contribution in [0.5, 0.6) is 0 Å². The quantitative estimate of drug-likeness (QED) is 0.627. The highest BCUT2D eigenvalue weighted by atomic mass is 14.2. The normalized spacial score (nSPS) is 10.1. The Balaban J connectivity index is 2.19. The first-order valence-corrected chi connectivity index (χ1v) is 6.95. The molecule has 1 heteroatoms. The highest BCUT2D eigenvalue weighted by Gasteiger charge is 2.09. The molecule has 100 valence electrons. The molecule has 0 heterocycles. The zero-order chi connectivity index (χ0) is 14.7. The maximum Gasteiger partial charge on any atom is 0.0991 e. The van der Waals surface area contributed by atoms with Gasteiger partial charge in [0.1, 0.15) is 0 Å². The smallest absolute Gasteiger partial charge is 0.0991 e. The predicted molar refractivity (Wildman–Crippen MR) is 86.8 cm³/mol. The zero-order valence-electron chi connectivity index (χ0n) is 11.9. The fourth-order valence-corrected chi connectivity index (χ4v) is 2.62. The molecule has 3 rings (SSSR count). The number of aryl methyl sites for hydroxylation is 1. The molecular weight excluding hydrogens is 254 g/mol. The summed E-state index contributed by atoms with van der Waals surface area (Å²) in [6, 6.07) is 26.8. The summed E-state index contributed by atoms with van der Waals surface area (Å²) in [5.41, 5.74) is 6.62. The van der Waals surface area contributed by atoms with Crippen molar-refractivity contribution in [3.63, 3.8) is 0 Å². The van der Waals surface area contributed by atoms with Gasteiger partial charge in [0.05, 0.1) is 11.6 Å². The first-order chi connectivity index (χ1) is 10.3.